The van der Waals surface area contributed by atoms with Crippen LogP contribution in [0.4, 0.5) is 4.79 Å². The molecule has 1 aromatic heterocycles. The Bertz CT molecular complexity index is 1360. The minimum atomic E-state index is -3.53. The van der Waals surface area contributed by atoms with Gasteiger partial charge in [-0.15, -0.1) is 0 Å². The molecule has 0 bridgehead atoms. The lowest BCUT2D eigenvalue weighted by Gasteiger charge is -2.29. The second kappa shape index (κ2) is 9.86. The number of primary sulfonamides is 1. The zero-order chi connectivity index (χ0) is 25.4. The Morgan fingerprint density at radius 2 is 1.86 bits per heavy atom. The highest BCUT2D eigenvalue weighted by Crippen LogP contribution is 2.39. The predicted molar refractivity (Wildman–Crippen MR) is 139 cm³/mol. The Kier molecular flexibility index (Phi) is 6.78. The Balaban J connectivity index is 1.56. The fourth-order valence-corrected chi connectivity index (χ4v) is 6.87. The number of hydrogen-bond acceptors (Lipinski definition) is 5. The molecule has 2 N–H and O–H groups in total. The van der Waals surface area contributed by atoms with Gasteiger partial charge in [-0.1, -0.05) is 36.4 Å². The van der Waals surface area contributed by atoms with Gasteiger partial charge in [0.15, 0.2) is 0 Å². The van der Waals surface area contributed by atoms with E-state index in [9.17, 15) is 13.2 Å². The maximum atomic E-state index is 12.3. The molecule has 1 saturated carbocycles. The number of aromatic nitrogens is 2. The highest BCUT2D eigenvalue weighted by molar-refractivity contribution is 7.89. The first kappa shape index (κ1) is 24.8. The molecule has 36 heavy (non-hydrogen) atoms. The van der Waals surface area contributed by atoms with Crippen molar-refractivity contribution >= 4 is 27.1 Å². The molecule has 3 aromatic rings. The second-order valence-corrected chi connectivity index (χ2v) is 12.0. The van der Waals surface area contributed by atoms with Crippen LogP contribution in [0.5, 0.6) is 0 Å². The van der Waals surface area contributed by atoms with E-state index in [1.807, 2.05) is 6.07 Å². The Labute approximate surface area is 212 Å². The number of ether oxygens (including phenoxy) is 1. The van der Waals surface area contributed by atoms with Gasteiger partial charge in [0.25, 0.3) is 0 Å². The largest absolute Gasteiger partial charge is 0.453 e. The fourth-order valence-electron chi connectivity index (χ4n) is 5.94. The summed E-state index contributed by atoms with van der Waals surface area (Å²) in [4.78, 5) is 19.2. The van der Waals surface area contributed by atoms with Crippen LogP contribution >= 0.6 is 0 Å². The molecule has 0 spiro atoms. The van der Waals surface area contributed by atoms with Crippen LogP contribution in [-0.4, -0.2) is 47.9 Å². The average Bonchev–Trinajstić information content (AvgIpc) is 3.28. The number of hydrogen-bond donors (Lipinski definition) is 1. The number of carbonyl (C=O) groups excluding carboxylic acids is 1. The van der Waals surface area contributed by atoms with Crippen LogP contribution in [0.2, 0.25) is 0 Å². The molecule has 192 valence electrons. The van der Waals surface area contributed by atoms with Gasteiger partial charge in [0.05, 0.1) is 29.9 Å². The maximum absolute atomic E-state index is 12.3. The van der Waals surface area contributed by atoms with Crippen LogP contribution in [0.25, 0.3) is 11.0 Å². The van der Waals surface area contributed by atoms with Gasteiger partial charge in [0.1, 0.15) is 5.82 Å². The number of sulfonamides is 1. The maximum Gasteiger partial charge on any atom is 0.409 e. The van der Waals surface area contributed by atoms with Crippen LogP contribution in [0.15, 0.2) is 42.5 Å². The SMILES string of the molecule is COC(=O)N1CCc2ccc3c(nc([C@H]4CC[C@@H](S(N)(=O)=O)CC4)n3[C@H](C)Cc3ccccc3)c2C1. The van der Waals surface area contributed by atoms with Crippen LogP contribution in [-0.2, 0) is 34.1 Å². The van der Waals surface area contributed by atoms with Crippen molar-refractivity contribution in [3.05, 3.63) is 65.0 Å². The van der Waals surface area contributed by atoms with E-state index in [4.69, 9.17) is 14.9 Å². The van der Waals surface area contributed by atoms with Gasteiger partial charge < -0.3 is 14.2 Å². The zero-order valence-electron chi connectivity index (χ0n) is 20.9. The van der Waals surface area contributed by atoms with E-state index in [0.717, 1.165) is 48.1 Å². The molecule has 8 nitrogen and oxygen atoms in total. The van der Waals surface area contributed by atoms with Crippen molar-refractivity contribution in [2.24, 2.45) is 5.14 Å². The van der Waals surface area contributed by atoms with Gasteiger partial charge in [-0.2, -0.15) is 0 Å². The molecule has 2 heterocycles. The monoisotopic (exact) mass is 510 g/mol. The third-order valence-electron chi connectivity index (χ3n) is 7.84. The molecule has 0 saturated heterocycles. The van der Waals surface area contributed by atoms with Gasteiger partial charge in [-0.25, -0.2) is 23.3 Å². The number of nitrogens with zero attached hydrogens (tertiary/aromatic N) is 3. The number of methoxy groups -OCH3 is 1. The van der Waals surface area contributed by atoms with E-state index in [1.165, 1.54) is 18.2 Å². The first-order valence-electron chi connectivity index (χ1n) is 12.7. The van der Waals surface area contributed by atoms with Crippen molar-refractivity contribution in [3.63, 3.8) is 0 Å². The Morgan fingerprint density at radius 1 is 1.14 bits per heavy atom. The molecule has 9 heteroatoms. The summed E-state index contributed by atoms with van der Waals surface area (Å²) in [6, 6.07) is 14.9. The van der Waals surface area contributed by atoms with Crippen molar-refractivity contribution in [2.45, 2.75) is 69.2 Å². The number of benzene rings is 2. The summed E-state index contributed by atoms with van der Waals surface area (Å²) in [6.45, 7) is 3.32. The molecular formula is C27H34N4O4S. The highest BCUT2D eigenvalue weighted by Gasteiger charge is 2.33. The number of fused-ring (bicyclic) bond motifs is 3. The first-order valence-corrected chi connectivity index (χ1v) is 14.3. The van der Waals surface area contributed by atoms with Crippen LogP contribution < -0.4 is 5.14 Å². The van der Waals surface area contributed by atoms with E-state index in [0.29, 0.717) is 25.9 Å². The average molecular weight is 511 g/mol. The normalized spacial score (nSPS) is 21.2. The molecule has 0 radical (unpaired) electrons. The van der Waals surface area contributed by atoms with Crippen LogP contribution in [0.1, 0.15) is 67.1 Å². The number of amides is 1. The summed E-state index contributed by atoms with van der Waals surface area (Å²) in [7, 11) is -2.12. The zero-order valence-corrected chi connectivity index (χ0v) is 21.7. The molecule has 1 fully saturated rings. The number of imidazole rings is 1. The van der Waals surface area contributed by atoms with E-state index >= 15 is 0 Å². The molecule has 2 aliphatic rings. The van der Waals surface area contributed by atoms with E-state index in [2.05, 4.69) is 47.9 Å². The second-order valence-electron chi connectivity index (χ2n) is 10.2. The van der Waals surface area contributed by atoms with E-state index in [-0.39, 0.29) is 18.1 Å². The molecule has 1 aliphatic carbocycles. The Morgan fingerprint density at radius 3 is 2.53 bits per heavy atom. The van der Waals surface area contributed by atoms with Gasteiger partial charge in [0.2, 0.25) is 10.0 Å². The van der Waals surface area contributed by atoms with Crippen molar-refractivity contribution in [2.75, 3.05) is 13.7 Å². The summed E-state index contributed by atoms with van der Waals surface area (Å²) in [6.07, 6.45) is 3.87. The molecule has 0 unspecified atom stereocenters. The lowest BCUT2D eigenvalue weighted by molar-refractivity contribution is 0.119. The highest BCUT2D eigenvalue weighted by atomic mass is 32.2. The quantitative estimate of drug-likeness (QED) is 0.551. The van der Waals surface area contributed by atoms with Crippen molar-refractivity contribution in [1.82, 2.24) is 14.5 Å². The Hall–Kier alpha value is -2.91. The smallest absolute Gasteiger partial charge is 0.409 e. The predicted octanol–water partition coefficient (Wildman–Crippen LogP) is 4.28. The molecule has 5 rings (SSSR count). The number of carbonyl (C=O) groups is 1. The summed E-state index contributed by atoms with van der Waals surface area (Å²) in [5, 5.41) is 4.98. The summed E-state index contributed by atoms with van der Waals surface area (Å²) in [5.74, 6) is 1.16. The minimum absolute atomic E-state index is 0.154. The van der Waals surface area contributed by atoms with Crippen molar-refractivity contribution < 1.29 is 17.9 Å². The van der Waals surface area contributed by atoms with E-state index < -0.39 is 15.3 Å². The summed E-state index contributed by atoms with van der Waals surface area (Å²) < 4.78 is 31.2. The van der Waals surface area contributed by atoms with Gasteiger partial charge in [-0.05, 0) is 62.6 Å². The molecule has 1 atom stereocenters. The van der Waals surface area contributed by atoms with Gasteiger partial charge >= 0.3 is 6.09 Å². The molecule has 2 aromatic carbocycles. The minimum Gasteiger partial charge on any atom is -0.453 e. The standard InChI is InChI=1S/C27H34N4O4S/c1-18(16-19-6-4-3-5-7-19)31-24-13-10-20-14-15-30(27(32)35-2)17-23(20)25(24)29-26(31)21-8-11-22(12-9-21)36(28,33)34/h3-7,10,13,18,21-22H,8-9,11-12,14-17H2,1-2H3,(H2,28,33,34)/t18-,21-,22+/m1/s1. The topological polar surface area (TPSA) is 108 Å². The first-order chi connectivity index (χ1) is 17.3. The summed E-state index contributed by atoms with van der Waals surface area (Å²) in [5.41, 5.74) is 5.55. The molecule has 1 aliphatic heterocycles. The lowest BCUT2D eigenvalue weighted by Crippen LogP contribution is -2.35. The summed E-state index contributed by atoms with van der Waals surface area (Å²) >= 11 is 0. The van der Waals surface area contributed by atoms with Crippen LogP contribution in [0, 0.1) is 0 Å². The fraction of sp³-hybridized carbons (Fsp3) is 0.481. The van der Waals surface area contributed by atoms with Gasteiger partial charge in [-0.3, -0.25) is 0 Å². The lowest BCUT2D eigenvalue weighted by atomic mass is 9.88. The number of rotatable bonds is 5. The van der Waals surface area contributed by atoms with E-state index in [1.54, 1.807) is 4.90 Å². The van der Waals surface area contributed by atoms with Crippen LogP contribution in [0.3, 0.4) is 0 Å². The van der Waals surface area contributed by atoms with Crippen molar-refractivity contribution in [1.29, 1.82) is 0 Å². The number of nitrogens with two attached hydrogens (primary N) is 1. The van der Waals surface area contributed by atoms with Crippen molar-refractivity contribution in [3.8, 4) is 0 Å². The van der Waals surface area contributed by atoms with Gasteiger partial charge in [0, 0.05) is 24.1 Å². The third kappa shape index (κ3) is 4.74. The third-order valence-corrected chi connectivity index (χ3v) is 9.24. The molecular weight excluding hydrogens is 476 g/mol. The molecule has 1 amide bonds.